The number of ether oxygens (including phenoxy) is 1. The van der Waals surface area contributed by atoms with Gasteiger partial charge < -0.3 is 10.1 Å². The number of hydrogen-bond donors (Lipinski definition) is 1. The molecule has 2 aromatic heterocycles. The minimum absolute atomic E-state index is 0.0462. The molecular weight excluding hydrogens is 268 g/mol. The predicted octanol–water partition coefficient (Wildman–Crippen LogP) is 1.45. The van der Waals surface area contributed by atoms with E-state index in [1.807, 2.05) is 22.9 Å². The van der Waals surface area contributed by atoms with Gasteiger partial charge in [0.1, 0.15) is 18.2 Å². The Morgan fingerprint density at radius 1 is 1.43 bits per heavy atom. The number of carbonyl (C=O) groups is 1. The van der Waals surface area contributed by atoms with Crippen LogP contribution in [0, 0.1) is 0 Å². The molecule has 21 heavy (non-hydrogen) atoms. The van der Waals surface area contributed by atoms with E-state index in [4.69, 9.17) is 4.74 Å². The topological polar surface area (TPSA) is 69.0 Å². The van der Waals surface area contributed by atoms with Crippen LogP contribution in [0.15, 0.2) is 37.1 Å². The Bertz CT molecular complexity index is 591. The molecule has 6 heteroatoms. The molecule has 0 aromatic carbocycles. The zero-order valence-electron chi connectivity index (χ0n) is 11.7. The minimum Gasteiger partial charge on any atom is -0.368 e. The first-order chi connectivity index (χ1) is 10.3. The molecule has 0 saturated carbocycles. The second kappa shape index (κ2) is 6.49. The van der Waals surface area contributed by atoms with Crippen molar-refractivity contribution < 1.29 is 9.53 Å². The van der Waals surface area contributed by atoms with Gasteiger partial charge in [-0.05, 0) is 25.3 Å². The van der Waals surface area contributed by atoms with Gasteiger partial charge in [-0.1, -0.05) is 6.07 Å². The number of rotatable bonds is 4. The maximum Gasteiger partial charge on any atom is 0.249 e. The minimum atomic E-state index is -0.313. The summed E-state index contributed by atoms with van der Waals surface area (Å²) in [6.07, 6.45) is 9.52. The van der Waals surface area contributed by atoms with Gasteiger partial charge in [0.05, 0.1) is 0 Å². The maximum atomic E-state index is 12.1. The fourth-order valence-corrected chi connectivity index (χ4v) is 2.43. The first kappa shape index (κ1) is 13.8. The highest BCUT2D eigenvalue weighted by molar-refractivity contribution is 5.80. The summed E-state index contributed by atoms with van der Waals surface area (Å²) in [7, 11) is 0. The fraction of sp³-hybridized carbons (Fsp3) is 0.400. The summed E-state index contributed by atoms with van der Waals surface area (Å²) in [4.78, 5) is 20.5. The van der Waals surface area contributed by atoms with Crippen LogP contribution in [0.4, 0.5) is 0 Å². The summed E-state index contributed by atoms with van der Waals surface area (Å²) in [6.45, 7) is 1.10. The van der Waals surface area contributed by atoms with Crippen LogP contribution < -0.4 is 5.32 Å². The molecule has 3 rings (SSSR count). The highest BCUT2D eigenvalue weighted by atomic mass is 16.5. The Morgan fingerprint density at radius 2 is 2.38 bits per heavy atom. The van der Waals surface area contributed by atoms with E-state index in [1.54, 1.807) is 18.7 Å². The number of pyridine rings is 1. The van der Waals surface area contributed by atoms with Crippen LogP contribution in [0.5, 0.6) is 0 Å². The summed E-state index contributed by atoms with van der Waals surface area (Å²) in [5.41, 5.74) is 0.944. The Labute approximate surface area is 123 Å². The SMILES string of the molecule is O=C(NCc1cccnc1-n1ccnc1)C1CCCCO1. The zero-order valence-corrected chi connectivity index (χ0v) is 11.7. The Kier molecular flexibility index (Phi) is 4.25. The van der Waals surface area contributed by atoms with Crippen LogP contribution >= 0.6 is 0 Å². The van der Waals surface area contributed by atoms with Gasteiger partial charge in [-0.15, -0.1) is 0 Å². The standard InChI is InChI=1S/C15H18N4O2/c20-15(13-5-1-2-9-21-13)18-10-12-4-3-6-17-14(12)19-8-7-16-11-19/h3-4,6-8,11,13H,1-2,5,9-10H2,(H,18,20). The van der Waals surface area contributed by atoms with E-state index in [0.717, 1.165) is 30.6 Å². The van der Waals surface area contributed by atoms with E-state index < -0.39 is 0 Å². The number of hydrogen-bond acceptors (Lipinski definition) is 4. The third-order valence-electron chi connectivity index (χ3n) is 3.54. The molecule has 0 aliphatic carbocycles. The summed E-state index contributed by atoms with van der Waals surface area (Å²) in [6, 6.07) is 3.81. The van der Waals surface area contributed by atoms with E-state index >= 15 is 0 Å². The lowest BCUT2D eigenvalue weighted by atomic mass is 10.1. The van der Waals surface area contributed by atoms with Crippen molar-refractivity contribution in [3.63, 3.8) is 0 Å². The molecule has 0 spiro atoms. The molecule has 2 aromatic rings. The van der Waals surface area contributed by atoms with Crippen molar-refractivity contribution >= 4 is 5.91 Å². The van der Waals surface area contributed by atoms with Gasteiger partial charge in [-0.3, -0.25) is 9.36 Å². The molecule has 1 aliphatic rings. The van der Waals surface area contributed by atoms with Crippen molar-refractivity contribution in [2.24, 2.45) is 0 Å². The molecule has 0 radical (unpaired) electrons. The van der Waals surface area contributed by atoms with Crippen molar-refractivity contribution in [3.05, 3.63) is 42.6 Å². The highest BCUT2D eigenvalue weighted by Gasteiger charge is 2.21. The number of nitrogens with zero attached hydrogens (tertiary/aromatic N) is 3. The molecule has 1 amide bonds. The van der Waals surface area contributed by atoms with Crippen molar-refractivity contribution in [3.8, 4) is 5.82 Å². The third kappa shape index (κ3) is 3.28. The Balaban J connectivity index is 1.66. The van der Waals surface area contributed by atoms with Crippen LogP contribution in [-0.4, -0.2) is 33.2 Å². The van der Waals surface area contributed by atoms with Crippen molar-refractivity contribution in [1.82, 2.24) is 19.9 Å². The van der Waals surface area contributed by atoms with Gasteiger partial charge >= 0.3 is 0 Å². The van der Waals surface area contributed by atoms with E-state index in [9.17, 15) is 4.79 Å². The molecule has 1 atom stereocenters. The van der Waals surface area contributed by atoms with Crippen LogP contribution in [0.25, 0.3) is 5.82 Å². The van der Waals surface area contributed by atoms with E-state index in [2.05, 4.69) is 15.3 Å². The molecule has 1 saturated heterocycles. The molecule has 3 heterocycles. The van der Waals surface area contributed by atoms with Crippen molar-refractivity contribution in [1.29, 1.82) is 0 Å². The van der Waals surface area contributed by atoms with Crippen molar-refractivity contribution in [2.75, 3.05) is 6.61 Å². The number of imidazole rings is 1. The van der Waals surface area contributed by atoms with Gasteiger partial charge in [-0.25, -0.2) is 9.97 Å². The fourth-order valence-electron chi connectivity index (χ4n) is 2.43. The van der Waals surface area contributed by atoms with Gasteiger partial charge in [0.2, 0.25) is 5.91 Å². The number of carbonyl (C=O) groups excluding carboxylic acids is 1. The molecule has 1 unspecified atom stereocenters. The molecule has 1 N–H and O–H groups in total. The number of aromatic nitrogens is 3. The summed E-state index contributed by atoms with van der Waals surface area (Å²) < 4.78 is 7.32. The predicted molar refractivity (Wildman–Crippen MR) is 76.8 cm³/mol. The van der Waals surface area contributed by atoms with Crippen LogP contribution in [0.3, 0.4) is 0 Å². The lowest BCUT2D eigenvalue weighted by molar-refractivity contribution is -0.135. The zero-order chi connectivity index (χ0) is 14.5. The summed E-state index contributed by atoms with van der Waals surface area (Å²) in [5.74, 6) is 0.731. The average Bonchev–Trinajstić information content (AvgIpc) is 3.08. The number of nitrogens with one attached hydrogen (secondary N) is 1. The summed E-state index contributed by atoms with van der Waals surface area (Å²) >= 11 is 0. The van der Waals surface area contributed by atoms with E-state index in [0.29, 0.717) is 13.2 Å². The second-order valence-corrected chi connectivity index (χ2v) is 5.03. The first-order valence-corrected chi connectivity index (χ1v) is 7.16. The van der Waals surface area contributed by atoms with Gasteiger partial charge in [0.25, 0.3) is 0 Å². The molecular formula is C15H18N4O2. The van der Waals surface area contributed by atoms with Gasteiger partial charge in [0.15, 0.2) is 0 Å². The smallest absolute Gasteiger partial charge is 0.249 e. The van der Waals surface area contributed by atoms with Crippen LogP contribution in [0.1, 0.15) is 24.8 Å². The monoisotopic (exact) mass is 286 g/mol. The van der Waals surface area contributed by atoms with Crippen molar-refractivity contribution in [2.45, 2.75) is 31.9 Å². The van der Waals surface area contributed by atoms with Crippen LogP contribution in [0.2, 0.25) is 0 Å². The molecule has 1 aliphatic heterocycles. The quantitative estimate of drug-likeness (QED) is 0.923. The lowest BCUT2D eigenvalue weighted by Gasteiger charge is -2.21. The molecule has 6 nitrogen and oxygen atoms in total. The average molecular weight is 286 g/mol. The normalized spacial score (nSPS) is 18.4. The molecule has 1 fully saturated rings. The third-order valence-corrected chi connectivity index (χ3v) is 3.54. The maximum absolute atomic E-state index is 12.1. The van der Waals surface area contributed by atoms with Gasteiger partial charge in [-0.2, -0.15) is 0 Å². The van der Waals surface area contributed by atoms with Gasteiger partial charge in [0, 0.05) is 37.3 Å². The van der Waals surface area contributed by atoms with E-state index in [-0.39, 0.29) is 12.0 Å². The largest absolute Gasteiger partial charge is 0.368 e. The molecule has 0 bridgehead atoms. The second-order valence-electron chi connectivity index (χ2n) is 5.03. The summed E-state index contributed by atoms with van der Waals surface area (Å²) in [5, 5.41) is 2.93. The highest BCUT2D eigenvalue weighted by Crippen LogP contribution is 2.14. The first-order valence-electron chi connectivity index (χ1n) is 7.16. The molecule has 110 valence electrons. The lowest BCUT2D eigenvalue weighted by Crippen LogP contribution is -2.38. The van der Waals surface area contributed by atoms with Crippen LogP contribution in [-0.2, 0) is 16.1 Å². The Morgan fingerprint density at radius 3 is 3.14 bits per heavy atom. The Hall–Kier alpha value is -2.21. The van der Waals surface area contributed by atoms with E-state index in [1.165, 1.54) is 0 Å². The number of amides is 1.